The Kier molecular flexibility index (Phi) is 5.15. The van der Waals surface area contributed by atoms with Crippen LogP contribution in [0.4, 0.5) is 0 Å². The van der Waals surface area contributed by atoms with Gasteiger partial charge in [-0.25, -0.2) is 0 Å². The summed E-state index contributed by atoms with van der Waals surface area (Å²) in [6, 6.07) is 0. The van der Waals surface area contributed by atoms with Crippen molar-refractivity contribution < 1.29 is 19.4 Å². The summed E-state index contributed by atoms with van der Waals surface area (Å²) in [4.78, 5) is 0. The van der Waals surface area contributed by atoms with Crippen molar-refractivity contribution in [1.82, 2.24) is 0 Å². The zero-order valence-electron chi connectivity index (χ0n) is 5.28. The van der Waals surface area contributed by atoms with E-state index < -0.39 is 13.4 Å². The first-order chi connectivity index (χ1) is 3.79. The van der Waals surface area contributed by atoms with Crippen LogP contribution >= 0.6 is 0 Å². The summed E-state index contributed by atoms with van der Waals surface area (Å²) in [7, 11) is -1.14. The predicted octanol–water partition coefficient (Wildman–Crippen LogP) is -2.01. The summed E-state index contributed by atoms with van der Waals surface area (Å²) in [5.74, 6) is 0. The van der Waals surface area contributed by atoms with Gasteiger partial charge in [0, 0.05) is 29.6 Å². The Balaban J connectivity index is 0.000000640. The van der Waals surface area contributed by atoms with E-state index in [-0.39, 0.29) is 42.8 Å². The molecule has 1 saturated heterocycles. The first-order valence-electron chi connectivity index (χ1n) is 2.38. The smallest absolute Gasteiger partial charge is 0.402 e. The molecule has 0 spiro atoms. The SMILES string of the molecule is OB1OCC(O)CO1.[Na]. The standard InChI is InChI=1S/C3H7BO4.Na/c5-3-1-7-4(6)8-2-3;/h3,5-6H,1-2H2;. The van der Waals surface area contributed by atoms with Gasteiger partial charge in [0.25, 0.3) is 0 Å². The molecule has 0 atom stereocenters. The second-order valence-electron chi connectivity index (χ2n) is 1.63. The van der Waals surface area contributed by atoms with Crippen molar-refractivity contribution in [2.24, 2.45) is 0 Å². The molecule has 0 aromatic heterocycles. The van der Waals surface area contributed by atoms with Gasteiger partial charge in [-0.2, -0.15) is 0 Å². The molecule has 47 valence electrons. The maximum absolute atomic E-state index is 8.67. The first-order valence-corrected chi connectivity index (χ1v) is 2.38. The van der Waals surface area contributed by atoms with E-state index in [0.717, 1.165) is 0 Å². The number of aliphatic hydroxyl groups is 1. The third-order valence-electron chi connectivity index (χ3n) is 0.862. The van der Waals surface area contributed by atoms with Crippen molar-refractivity contribution in [1.29, 1.82) is 0 Å². The van der Waals surface area contributed by atoms with E-state index in [1.807, 2.05) is 0 Å². The summed E-state index contributed by atoms with van der Waals surface area (Å²) in [5.41, 5.74) is 0. The molecule has 0 aromatic rings. The molecule has 0 aliphatic carbocycles. The second-order valence-corrected chi connectivity index (χ2v) is 1.63. The van der Waals surface area contributed by atoms with Gasteiger partial charge in [-0.15, -0.1) is 0 Å². The van der Waals surface area contributed by atoms with E-state index in [2.05, 4.69) is 9.31 Å². The topological polar surface area (TPSA) is 58.9 Å². The summed E-state index contributed by atoms with van der Waals surface area (Å²) >= 11 is 0. The minimum atomic E-state index is -1.14. The van der Waals surface area contributed by atoms with Gasteiger partial charge in [-0.1, -0.05) is 0 Å². The third-order valence-corrected chi connectivity index (χ3v) is 0.862. The van der Waals surface area contributed by atoms with Crippen LogP contribution in [-0.4, -0.2) is 66.3 Å². The van der Waals surface area contributed by atoms with Gasteiger partial charge in [-0.05, 0) is 0 Å². The average Bonchev–Trinajstić information content (AvgIpc) is 1.77. The van der Waals surface area contributed by atoms with Crippen LogP contribution in [0.2, 0.25) is 0 Å². The molecule has 1 aliphatic heterocycles. The fourth-order valence-electron chi connectivity index (χ4n) is 0.483. The minimum absolute atomic E-state index is 0. The Labute approximate surface area is 75.6 Å². The van der Waals surface area contributed by atoms with Gasteiger partial charge in [0.2, 0.25) is 0 Å². The molecule has 1 radical (unpaired) electrons. The van der Waals surface area contributed by atoms with E-state index in [1.54, 1.807) is 0 Å². The van der Waals surface area contributed by atoms with Crippen molar-refractivity contribution in [2.45, 2.75) is 6.10 Å². The molecule has 1 fully saturated rings. The molecule has 0 aromatic carbocycles. The van der Waals surface area contributed by atoms with E-state index >= 15 is 0 Å². The summed E-state index contributed by atoms with van der Waals surface area (Å²) in [6.07, 6.45) is -0.585. The first kappa shape index (κ1) is 9.90. The number of rotatable bonds is 0. The normalized spacial score (nSPS) is 21.3. The maximum Gasteiger partial charge on any atom is 0.636 e. The summed E-state index contributed by atoms with van der Waals surface area (Å²) in [5, 5.41) is 17.1. The predicted molar refractivity (Wildman–Crippen MR) is 31.6 cm³/mol. The van der Waals surface area contributed by atoms with Crippen molar-refractivity contribution in [3.8, 4) is 0 Å². The zero-order valence-corrected chi connectivity index (χ0v) is 7.28. The number of aliphatic hydroxyl groups excluding tert-OH is 1. The molecule has 0 unspecified atom stereocenters. The van der Waals surface area contributed by atoms with Gasteiger partial charge < -0.3 is 19.4 Å². The Hall–Kier alpha value is 0.905. The van der Waals surface area contributed by atoms with Crippen LogP contribution in [0.1, 0.15) is 0 Å². The molecule has 4 nitrogen and oxygen atoms in total. The summed E-state index contributed by atoms with van der Waals surface area (Å²) in [6.45, 7) is 0.308. The van der Waals surface area contributed by atoms with Crippen LogP contribution in [0, 0.1) is 0 Å². The van der Waals surface area contributed by atoms with Crippen LogP contribution in [-0.2, 0) is 9.31 Å². The van der Waals surface area contributed by atoms with Crippen molar-refractivity contribution in [2.75, 3.05) is 13.2 Å². The van der Waals surface area contributed by atoms with E-state index in [1.165, 1.54) is 0 Å². The van der Waals surface area contributed by atoms with Gasteiger partial charge in [0.05, 0.1) is 19.3 Å². The fraction of sp³-hybridized carbons (Fsp3) is 1.00. The van der Waals surface area contributed by atoms with Crippen LogP contribution in [0.3, 0.4) is 0 Å². The Morgan fingerprint density at radius 3 is 2.11 bits per heavy atom. The molecular formula is C3H7BNaO4. The van der Waals surface area contributed by atoms with Crippen molar-refractivity contribution in [3.05, 3.63) is 0 Å². The minimum Gasteiger partial charge on any atom is -0.402 e. The van der Waals surface area contributed by atoms with Crippen molar-refractivity contribution >= 4 is 36.9 Å². The zero-order chi connectivity index (χ0) is 5.98. The molecule has 0 saturated carbocycles. The fourth-order valence-corrected chi connectivity index (χ4v) is 0.483. The second kappa shape index (κ2) is 4.68. The van der Waals surface area contributed by atoms with Crippen LogP contribution in [0.15, 0.2) is 0 Å². The van der Waals surface area contributed by atoms with Crippen LogP contribution < -0.4 is 0 Å². The van der Waals surface area contributed by atoms with E-state index in [9.17, 15) is 0 Å². The van der Waals surface area contributed by atoms with E-state index in [4.69, 9.17) is 10.1 Å². The monoisotopic (exact) mass is 141 g/mol. The molecule has 2 N–H and O–H groups in total. The summed E-state index contributed by atoms with van der Waals surface area (Å²) < 4.78 is 8.95. The molecule has 0 bridgehead atoms. The Morgan fingerprint density at radius 1 is 1.33 bits per heavy atom. The van der Waals surface area contributed by atoms with Gasteiger partial charge in [0.15, 0.2) is 0 Å². The van der Waals surface area contributed by atoms with E-state index in [0.29, 0.717) is 0 Å². The van der Waals surface area contributed by atoms with Crippen LogP contribution in [0.5, 0.6) is 0 Å². The molecule has 6 heteroatoms. The number of hydrogen-bond donors (Lipinski definition) is 2. The molecule has 0 amide bonds. The molecule has 1 rings (SSSR count). The number of hydrogen-bond acceptors (Lipinski definition) is 4. The average molecular weight is 141 g/mol. The third kappa shape index (κ3) is 3.57. The molecule has 1 heterocycles. The maximum atomic E-state index is 8.67. The molecule has 1 aliphatic rings. The molecule has 9 heavy (non-hydrogen) atoms. The van der Waals surface area contributed by atoms with Crippen LogP contribution in [0.25, 0.3) is 0 Å². The Bertz CT molecular complexity index is 64.2. The quantitative estimate of drug-likeness (QED) is 0.382. The van der Waals surface area contributed by atoms with Crippen molar-refractivity contribution in [3.63, 3.8) is 0 Å². The van der Waals surface area contributed by atoms with Gasteiger partial charge in [-0.3, -0.25) is 0 Å². The largest absolute Gasteiger partial charge is 0.636 e. The van der Waals surface area contributed by atoms with Gasteiger partial charge in [0.1, 0.15) is 0 Å². The van der Waals surface area contributed by atoms with Gasteiger partial charge >= 0.3 is 7.32 Å². The molecular weight excluding hydrogens is 134 g/mol. The Morgan fingerprint density at radius 2 is 1.78 bits per heavy atom.